The zero-order valence-electron chi connectivity index (χ0n) is 12.8. The Hall–Kier alpha value is -0.393. The monoisotopic (exact) mass is 276 g/mol. The van der Waals surface area contributed by atoms with Crippen LogP contribution in [0, 0.1) is 0 Å². The molecule has 0 saturated carbocycles. The largest absolute Gasteiger partial charge is 0.469 e. The average Bonchev–Trinajstić information content (AvgIpc) is 2.14. The van der Waals surface area contributed by atoms with Gasteiger partial charge in [-0.3, -0.25) is 4.79 Å². The number of rotatable bonds is 6. The van der Waals surface area contributed by atoms with Crippen molar-refractivity contribution in [1.29, 1.82) is 0 Å². The molecule has 0 rings (SSSR count). The van der Waals surface area contributed by atoms with E-state index < -0.39 is 19.9 Å². The standard InChI is InChI=1S/C13H28O4Si/c1-12(2,3)18(6,7)17-9-8-13(4,15)10-11(14)16-5/h15H,8-10H2,1-7H3. The molecule has 0 aliphatic heterocycles. The molecule has 0 aromatic rings. The molecule has 0 aliphatic carbocycles. The van der Waals surface area contributed by atoms with Crippen LogP contribution in [0.2, 0.25) is 18.1 Å². The van der Waals surface area contributed by atoms with E-state index in [1.165, 1.54) is 7.11 Å². The number of carbonyl (C=O) groups excluding carboxylic acids is 1. The highest BCUT2D eigenvalue weighted by Crippen LogP contribution is 2.36. The predicted octanol–water partition coefficient (Wildman–Crippen LogP) is 2.71. The molecule has 108 valence electrons. The van der Waals surface area contributed by atoms with Gasteiger partial charge in [-0.15, -0.1) is 0 Å². The summed E-state index contributed by atoms with van der Waals surface area (Å²) >= 11 is 0. The van der Waals surface area contributed by atoms with Gasteiger partial charge in [0.2, 0.25) is 0 Å². The van der Waals surface area contributed by atoms with E-state index in [0.29, 0.717) is 13.0 Å². The second-order valence-corrected chi connectivity index (χ2v) is 11.4. The Morgan fingerprint density at radius 3 is 2.11 bits per heavy atom. The number of hydrogen-bond donors (Lipinski definition) is 1. The smallest absolute Gasteiger partial charge is 0.308 e. The summed E-state index contributed by atoms with van der Waals surface area (Å²) in [7, 11) is -0.456. The van der Waals surface area contributed by atoms with Gasteiger partial charge in [0.15, 0.2) is 8.32 Å². The maximum absolute atomic E-state index is 11.1. The second kappa shape index (κ2) is 6.17. The van der Waals surface area contributed by atoms with Crippen LogP contribution in [-0.4, -0.2) is 38.7 Å². The van der Waals surface area contributed by atoms with Crippen LogP contribution in [0.4, 0.5) is 0 Å². The summed E-state index contributed by atoms with van der Waals surface area (Å²) in [4.78, 5) is 11.1. The van der Waals surface area contributed by atoms with Crippen molar-refractivity contribution in [3.8, 4) is 0 Å². The Balaban J connectivity index is 4.23. The number of hydrogen-bond acceptors (Lipinski definition) is 4. The first-order valence-electron chi connectivity index (χ1n) is 6.34. The van der Waals surface area contributed by atoms with E-state index in [2.05, 4.69) is 38.6 Å². The number of carbonyl (C=O) groups is 1. The zero-order valence-corrected chi connectivity index (χ0v) is 13.8. The van der Waals surface area contributed by atoms with Crippen molar-refractivity contribution in [2.24, 2.45) is 0 Å². The normalized spacial score (nSPS) is 16.2. The molecule has 1 atom stereocenters. The highest BCUT2D eigenvalue weighted by Gasteiger charge is 2.37. The molecular formula is C13H28O4Si. The molecule has 1 unspecified atom stereocenters. The van der Waals surface area contributed by atoms with Crippen molar-refractivity contribution >= 4 is 14.3 Å². The van der Waals surface area contributed by atoms with E-state index in [9.17, 15) is 9.90 Å². The molecule has 0 amide bonds. The SMILES string of the molecule is COC(=O)CC(C)(O)CCO[Si](C)(C)C(C)(C)C. The van der Waals surface area contributed by atoms with Crippen LogP contribution in [0.5, 0.6) is 0 Å². The molecular weight excluding hydrogens is 248 g/mol. The van der Waals surface area contributed by atoms with Crippen LogP contribution in [-0.2, 0) is 14.0 Å². The summed E-state index contributed by atoms with van der Waals surface area (Å²) in [6.45, 7) is 13.0. The average molecular weight is 276 g/mol. The van der Waals surface area contributed by atoms with Crippen molar-refractivity contribution < 1.29 is 19.1 Å². The highest BCUT2D eigenvalue weighted by atomic mass is 28.4. The van der Waals surface area contributed by atoms with Crippen molar-refractivity contribution in [1.82, 2.24) is 0 Å². The minimum Gasteiger partial charge on any atom is -0.469 e. The molecule has 0 bridgehead atoms. The van der Waals surface area contributed by atoms with Gasteiger partial charge in [-0.2, -0.15) is 0 Å². The van der Waals surface area contributed by atoms with Gasteiger partial charge >= 0.3 is 5.97 Å². The molecule has 0 radical (unpaired) electrons. The van der Waals surface area contributed by atoms with E-state index in [1.807, 2.05) is 0 Å². The summed E-state index contributed by atoms with van der Waals surface area (Å²) in [6.07, 6.45) is 0.443. The Kier molecular flexibility index (Phi) is 6.03. The first-order valence-corrected chi connectivity index (χ1v) is 9.25. The quantitative estimate of drug-likeness (QED) is 0.598. The topological polar surface area (TPSA) is 55.8 Å². The molecule has 5 heteroatoms. The zero-order chi connectivity index (χ0) is 14.6. The van der Waals surface area contributed by atoms with Gasteiger partial charge in [0.1, 0.15) is 0 Å². The van der Waals surface area contributed by atoms with Gasteiger partial charge < -0.3 is 14.3 Å². The predicted molar refractivity (Wildman–Crippen MR) is 75.0 cm³/mol. The minimum absolute atomic E-state index is 0.00433. The van der Waals surface area contributed by atoms with Gasteiger partial charge in [-0.05, 0) is 31.5 Å². The molecule has 0 aromatic carbocycles. The summed E-state index contributed by atoms with van der Waals surface area (Å²) in [5, 5.41) is 10.2. The number of esters is 1. The third-order valence-electron chi connectivity index (χ3n) is 3.66. The fourth-order valence-corrected chi connectivity index (χ4v) is 2.26. The second-order valence-electron chi connectivity index (χ2n) is 6.61. The lowest BCUT2D eigenvalue weighted by Crippen LogP contribution is -2.42. The fourth-order valence-electron chi connectivity index (χ4n) is 1.21. The summed E-state index contributed by atoms with van der Waals surface area (Å²) < 4.78 is 10.5. The van der Waals surface area contributed by atoms with Gasteiger partial charge in [0.05, 0.1) is 19.1 Å². The van der Waals surface area contributed by atoms with Crippen molar-refractivity contribution in [2.75, 3.05) is 13.7 Å². The summed E-state index contributed by atoms with van der Waals surface area (Å²) in [6, 6.07) is 0. The van der Waals surface area contributed by atoms with Crippen LogP contribution >= 0.6 is 0 Å². The van der Waals surface area contributed by atoms with E-state index in [1.54, 1.807) is 6.92 Å². The third-order valence-corrected chi connectivity index (χ3v) is 8.20. The maximum atomic E-state index is 11.1. The molecule has 0 aromatic heterocycles. The molecule has 1 N–H and O–H groups in total. The third kappa shape index (κ3) is 5.98. The van der Waals surface area contributed by atoms with Gasteiger partial charge in [0, 0.05) is 6.61 Å². The van der Waals surface area contributed by atoms with E-state index in [-0.39, 0.29) is 11.5 Å². The maximum Gasteiger partial charge on any atom is 0.308 e. The first-order chi connectivity index (χ1) is 7.91. The van der Waals surface area contributed by atoms with Gasteiger partial charge in [-0.1, -0.05) is 20.8 Å². The molecule has 18 heavy (non-hydrogen) atoms. The van der Waals surface area contributed by atoms with Gasteiger partial charge in [0.25, 0.3) is 0 Å². The van der Waals surface area contributed by atoms with E-state index in [0.717, 1.165) is 0 Å². The number of aliphatic hydroxyl groups is 1. The lowest BCUT2D eigenvalue weighted by atomic mass is 9.99. The Bertz CT molecular complexity index is 279. The molecule has 0 heterocycles. The fraction of sp³-hybridized carbons (Fsp3) is 0.923. The number of methoxy groups -OCH3 is 1. The van der Waals surface area contributed by atoms with Crippen LogP contribution in [0.3, 0.4) is 0 Å². The first kappa shape index (κ1) is 17.6. The van der Waals surface area contributed by atoms with Crippen LogP contribution in [0.25, 0.3) is 0 Å². The van der Waals surface area contributed by atoms with Crippen LogP contribution in [0.1, 0.15) is 40.5 Å². The Morgan fingerprint density at radius 2 is 1.72 bits per heavy atom. The summed E-state index contributed by atoms with van der Waals surface area (Å²) in [5.74, 6) is -0.396. The summed E-state index contributed by atoms with van der Waals surface area (Å²) in [5.41, 5.74) is -1.06. The van der Waals surface area contributed by atoms with E-state index in [4.69, 9.17) is 4.43 Å². The minimum atomic E-state index is -1.78. The van der Waals surface area contributed by atoms with Crippen LogP contribution in [0.15, 0.2) is 0 Å². The van der Waals surface area contributed by atoms with Crippen molar-refractivity contribution in [3.63, 3.8) is 0 Å². The van der Waals surface area contributed by atoms with Crippen LogP contribution < -0.4 is 0 Å². The van der Waals surface area contributed by atoms with Gasteiger partial charge in [-0.25, -0.2) is 0 Å². The molecule has 0 spiro atoms. The Morgan fingerprint density at radius 1 is 1.22 bits per heavy atom. The lowest BCUT2D eigenvalue weighted by molar-refractivity contribution is -0.145. The van der Waals surface area contributed by atoms with Crippen molar-refractivity contribution in [2.45, 2.75) is 64.3 Å². The van der Waals surface area contributed by atoms with Crippen molar-refractivity contribution in [3.05, 3.63) is 0 Å². The Labute approximate surface area is 112 Å². The molecule has 0 fully saturated rings. The number of ether oxygens (including phenoxy) is 1. The lowest BCUT2D eigenvalue weighted by Gasteiger charge is -2.37. The molecule has 0 aliphatic rings. The molecule has 4 nitrogen and oxygen atoms in total. The molecule has 0 saturated heterocycles. The van der Waals surface area contributed by atoms with E-state index >= 15 is 0 Å². The highest BCUT2D eigenvalue weighted by molar-refractivity contribution is 6.74.